The largest absolute Gasteiger partial charge is 0.493 e. The van der Waals surface area contributed by atoms with Crippen LogP contribution in [0.15, 0.2) is 24.5 Å². The maximum Gasteiger partial charge on any atom is 0.310 e. The summed E-state index contributed by atoms with van der Waals surface area (Å²) in [5.41, 5.74) is 4.11. The molecule has 0 bridgehead atoms. The Kier molecular flexibility index (Phi) is 5.26. The molecule has 1 unspecified atom stereocenters. The molecule has 2 aromatic rings. The van der Waals surface area contributed by atoms with Gasteiger partial charge in [-0.25, -0.2) is 0 Å². The molecule has 1 atom stereocenters. The fraction of sp³-hybridized carbons (Fsp3) is 0.333. The number of carboxylic acid groups (broad SMARTS) is 1. The summed E-state index contributed by atoms with van der Waals surface area (Å²) in [6, 6.07) is 3.68. The molecule has 0 fully saturated rings. The number of halogens is 1. The summed E-state index contributed by atoms with van der Waals surface area (Å²) in [7, 11) is 0. The van der Waals surface area contributed by atoms with Crippen molar-refractivity contribution >= 4 is 17.6 Å². The number of carboxylic acids is 1. The molecule has 1 N–H and O–H groups in total. The van der Waals surface area contributed by atoms with Crippen molar-refractivity contribution in [1.29, 1.82) is 0 Å². The lowest BCUT2D eigenvalue weighted by atomic mass is 9.91. The van der Waals surface area contributed by atoms with Crippen LogP contribution in [0.25, 0.3) is 11.1 Å². The van der Waals surface area contributed by atoms with Crippen molar-refractivity contribution in [3.63, 3.8) is 0 Å². The quantitative estimate of drug-likeness (QED) is 0.868. The van der Waals surface area contributed by atoms with Gasteiger partial charge in [-0.3, -0.25) is 9.78 Å². The number of aliphatic carboxylic acids is 1. The number of aromatic nitrogens is 1. The molecule has 0 saturated heterocycles. The number of pyridine rings is 1. The third-order valence-corrected chi connectivity index (χ3v) is 4.19. The van der Waals surface area contributed by atoms with E-state index in [1.807, 2.05) is 26.8 Å². The van der Waals surface area contributed by atoms with Crippen molar-refractivity contribution in [3.05, 3.63) is 46.2 Å². The van der Waals surface area contributed by atoms with Gasteiger partial charge in [-0.2, -0.15) is 0 Å². The van der Waals surface area contributed by atoms with Crippen molar-refractivity contribution in [3.8, 4) is 16.9 Å². The van der Waals surface area contributed by atoms with Gasteiger partial charge in [0, 0.05) is 34.1 Å². The SMILES string of the molecule is CCOc1c(C(C)C(=O)O)cc(Cl)c(C)c1-c1cncc(C)c1. The first-order chi connectivity index (χ1) is 10.9. The Bertz CT molecular complexity index is 743. The Hall–Kier alpha value is -2.07. The first-order valence-corrected chi connectivity index (χ1v) is 7.85. The van der Waals surface area contributed by atoms with E-state index in [2.05, 4.69) is 4.98 Å². The Labute approximate surface area is 141 Å². The van der Waals surface area contributed by atoms with Gasteiger partial charge in [0.1, 0.15) is 5.75 Å². The fourth-order valence-corrected chi connectivity index (χ4v) is 2.75. The van der Waals surface area contributed by atoms with Crippen molar-refractivity contribution < 1.29 is 14.6 Å². The minimum Gasteiger partial charge on any atom is -0.493 e. The van der Waals surface area contributed by atoms with Crippen molar-refractivity contribution in [1.82, 2.24) is 4.98 Å². The molecule has 0 aliphatic carbocycles. The van der Waals surface area contributed by atoms with Gasteiger partial charge in [-0.05, 0) is 51.0 Å². The number of hydrogen-bond donors (Lipinski definition) is 1. The second-order valence-electron chi connectivity index (χ2n) is 5.52. The van der Waals surface area contributed by atoms with Crippen LogP contribution in [0.5, 0.6) is 5.75 Å². The highest BCUT2D eigenvalue weighted by Crippen LogP contribution is 2.42. The zero-order chi connectivity index (χ0) is 17.1. The first kappa shape index (κ1) is 17.3. The summed E-state index contributed by atoms with van der Waals surface area (Å²) in [5, 5.41) is 9.90. The standard InChI is InChI=1S/C18H20ClNO3/c1-5-23-17-14(11(3)18(21)22)7-15(19)12(4)16(17)13-6-10(2)8-20-9-13/h6-9,11H,5H2,1-4H3,(H,21,22). The molecule has 23 heavy (non-hydrogen) atoms. The number of carbonyl (C=O) groups is 1. The topological polar surface area (TPSA) is 59.4 Å². The van der Waals surface area contributed by atoms with E-state index in [9.17, 15) is 9.90 Å². The van der Waals surface area contributed by atoms with Crippen LogP contribution < -0.4 is 4.74 Å². The Morgan fingerprint density at radius 2 is 2.04 bits per heavy atom. The molecule has 0 radical (unpaired) electrons. The Balaban J connectivity index is 2.80. The maximum absolute atomic E-state index is 11.4. The Morgan fingerprint density at radius 1 is 1.35 bits per heavy atom. The number of benzene rings is 1. The van der Waals surface area contributed by atoms with Crippen molar-refractivity contribution in [2.75, 3.05) is 6.61 Å². The van der Waals surface area contributed by atoms with E-state index in [0.29, 0.717) is 22.9 Å². The van der Waals surface area contributed by atoms with Gasteiger partial charge in [-0.1, -0.05) is 11.6 Å². The molecule has 1 heterocycles. The van der Waals surface area contributed by atoms with Crippen LogP contribution in [0.2, 0.25) is 5.02 Å². The molecule has 0 aliphatic rings. The number of ether oxygens (including phenoxy) is 1. The molecular formula is C18H20ClNO3. The molecule has 0 spiro atoms. The molecule has 122 valence electrons. The molecular weight excluding hydrogens is 314 g/mol. The van der Waals surface area contributed by atoms with E-state index in [1.54, 1.807) is 25.4 Å². The highest BCUT2D eigenvalue weighted by Gasteiger charge is 2.24. The molecule has 2 rings (SSSR count). The van der Waals surface area contributed by atoms with E-state index >= 15 is 0 Å². The molecule has 4 nitrogen and oxygen atoms in total. The van der Waals surface area contributed by atoms with E-state index in [1.165, 1.54) is 0 Å². The summed E-state index contributed by atoms with van der Waals surface area (Å²) in [6.45, 7) is 7.80. The minimum atomic E-state index is -0.917. The molecule has 1 aromatic carbocycles. The number of nitrogens with zero attached hydrogens (tertiary/aromatic N) is 1. The van der Waals surface area contributed by atoms with Gasteiger partial charge in [0.25, 0.3) is 0 Å². The predicted molar refractivity (Wildman–Crippen MR) is 91.4 cm³/mol. The van der Waals surface area contributed by atoms with Gasteiger partial charge in [-0.15, -0.1) is 0 Å². The highest BCUT2D eigenvalue weighted by molar-refractivity contribution is 6.32. The lowest BCUT2D eigenvalue weighted by Crippen LogP contribution is -2.11. The van der Waals surface area contributed by atoms with Gasteiger partial charge in [0.15, 0.2) is 0 Å². The summed E-state index contributed by atoms with van der Waals surface area (Å²) < 4.78 is 5.82. The number of hydrogen-bond acceptors (Lipinski definition) is 3. The third kappa shape index (κ3) is 3.48. The number of rotatable bonds is 5. The van der Waals surface area contributed by atoms with Crippen molar-refractivity contribution in [2.24, 2.45) is 0 Å². The lowest BCUT2D eigenvalue weighted by Gasteiger charge is -2.21. The molecule has 0 aliphatic heterocycles. The summed E-state index contributed by atoms with van der Waals surface area (Å²) >= 11 is 6.36. The van der Waals surface area contributed by atoms with Gasteiger partial charge in [0.2, 0.25) is 0 Å². The van der Waals surface area contributed by atoms with Crippen LogP contribution >= 0.6 is 11.6 Å². The smallest absolute Gasteiger partial charge is 0.310 e. The summed E-state index contributed by atoms with van der Waals surface area (Å²) in [5.74, 6) is -1.07. The Morgan fingerprint density at radius 3 is 2.61 bits per heavy atom. The van der Waals surface area contributed by atoms with Crippen LogP contribution in [0.4, 0.5) is 0 Å². The minimum absolute atomic E-state index is 0.437. The molecule has 5 heteroatoms. The fourth-order valence-electron chi connectivity index (χ4n) is 2.54. The highest BCUT2D eigenvalue weighted by atomic mass is 35.5. The van der Waals surface area contributed by atoms with Crippen LogP contribution in [0.3, 0.4) is 0 Å². The predicted octanol–water partition coefficient (Wildman–Crippen LogP) is 4.61. The van der Waals surface area contributed by atoms with Gasteiger partial charge in [0.05, 0.1) is 12.5 Å². The monoisotopic (exact) mass is 333 g/mol. The normalized spacial score (nSPS) is 12.0. The second kappa shape index (κ2) is 7.01. The van der Waals surface area contributed by atoms with E-state index in [0.717, 1.165) is 22.3 Å². The second-order valence-corrected chi connectivity index (χ2v) is 5.93. The molecule has 0 amide bonds. The maximum atomic E-state index is 11.4. The van der Waals surface area contributed by atoms with E-state index in [4.69, 9.17) is 16.3 Å². The zero-order valence-electron chi connectivity index (χ0n) is 13.7. The van der Waals surface area contributed by atoms with Crippen LogP contribution in [-0.4, -0.2) is 22.7 Å². The average molecular weight is 334 g/mol. The van der Waals surface area contributed by atoms with Crippen LogP contribution in [-0.2, 0) is 4.79 Å². The van der Waals surface area contributed by atoms with E-state index < -0.39 is 11.9 Å². The summed E-state index contributed by atoms with van der Waals surface area (Å²) in [4.78, 5) is 15.7. The number of aryl methyl sites for hydroxylation is 1. The van der Waals surface area contributed by atoms with Crippen LogP contribution in [0, 0.1) is 13.8 Å². The zero-order valence-corrected chi connectivity index (χ0v) is 14.4. The summed E-state index contributed by atoms with van der Waals surface area (Å²) in [6.07, 6.45) is 3.51. The third-order valence-electron chi connectivity index (χ3n) is 3.79. The van der Waals surface area contributed by atoms with Crippen molar-refractivity contribution in [2.45, 2.75) is 33.6 Å². The van der Waals surface area contributed by atoms with E-state index in [-0.39, 0.29) is 0 Å². The van der Waals surface area contributed by atoms with Gasteiger partial charge < -0.3 is 9.84 Å². The average Bonchev–Trinajstić information content (AvgIpc) is 2.50. The lowest BCUT2D eigenvalue weighted by molar-refractivity contribution is -0.138. The van der Waals surface area contributed by atoms with Crippen LogP contribution in [0.1, 0.15) is 36.5 Å². The molecule has 0 saturated carbocycles. The molecule has 1 aromatic heterocycles. The first-order valence-electron chi connectivity index (χ1n) is 7.47. The van der Waals surface area contributed by atoms with Gasteiger partial charge >= 0.3 is 5.97 Å².